The molecule has 1 aromatic rings. The van der Waals surface area contributed by atoms with E-state index in [4.69, 9.17) is 16.3 Å². The summed E-state index contributed by atoms with van der Waals surface area (Å²) in [6.45, 7) is 1.58. The highest BCUT2D eigenvalue weighted by molar-refractivity contribution is 6.34. The van der Waals surface area contributed by atoms with Gasteiger partial charge in [-0.15, -0.1) is 0 Å². The largest absolute Gasteiger partial charge is 0.378 e. The van der Waals surface area contributed by atoms with Crippen LogP contribution in [0.25, 0.3) is 0 Å². The Morgan fingerprint density at radius 1 is 1.43 bits per heavy atom. The lowest BCUT2D eigenvalue weighted by molar-refractivity contribution is -0.120. The number of amides is 2. The summed E-state index contributed by atoms with van der Waals surface area (Å²) in [5.41, 5.74) is 0.884. The molecule has 1 heterocycles. The third kappa shape index (κ3) is 3.93. The lowest BCUT2D eigenvalue weighted by Crippen LogP contribution is -2.48. The van der Waals surface area contributed by atoms with Gasteiger partial charge in [-0.25, -0.2) is 0 Å². The Balaban J connectivity index is 2.11. The van der Waals surface area contributed by atoms with Gasteiger partial charge in [0.1, 0.15) is 6.04 Å². The molecule has 1 aliphatic rings. The second kappa shape index (κ2) is 6.89. The number of nitrogens with one attached hydrogen (secondary N) is 2. The van der Waals surface area contributed by atoms with E-state index in [1.807, 2.05) is 0 Å². The van der Waals surface area contributed by atoms with Gasteiger partial charge in [-0.1, -0.05) is 11.6 Å². The summed E-state index contributed by atoms with van der Waals surface area (Å²) in [5.74, 6) is -0.407. The van der Waals surface area contributed by atoms with Crippen LogP contribution in [0.3, 0.4) is 0 Å². The van der Waals surface area contributed by atoms with E-state index in [9.17, 15) is 9.59 Å². The molecule has 0 saturated carbocycles. The number of ether oxygens (including phenoxy) is 1. The molecule has 6 nitrogen and oxygen atoms in total. The van der Waals surface area contributed by atoms with Crippen molar-refractivity contribution >= 4 is 29.1 Å². The highest BCUT2D eigenvalue weighted by Crippen LogP contribution is 2.22. The Kier molecular flexibility index (Phi) is 5.17. The molecule has 2 amide bonds. The molecule has 0 aliphatic carbocycles. The Bertz CT molecular complexity index is 542. The van der Waals surface area contributed by atoms with Crippen molar-refractivity contribution in [2.24, 2.45) is 0 Å². The van der Waals surface area contributed by atoms with E-state index in [1.54, 1.807) is 32.3 Å². The standard InChI is InChI=1S/C14H18ClN3O3/c1-18(2)14(20)10-7-9(3-4-11(10)15)17-13(19)12-8-21-6-5-16-12/h3-4,7,12,16H,5-6,8H2,1-2H3,(H,17,19). The topological polar surface area (TPSA) is 70.7 Å². The molecule has 0 spiro atoms. The number of carbonyl (C=O) groups excluding carboxylic acids is 2. The number of nitrogens with zero attached hydrogens (tertiary/aromatic N) is 1. The van der Waals surface area contributed by atoms with Crippen molar-refractivity contribution < 1.29 is 14.3 Å². The molecular weight excluding hydrogens is 294 g/mol. The number of hydrogen-bond acceptors (Lipinski definition) is 4. The van der Waals surface area contributed by atoms with Gasteiger partial charge in [0.05, 0.1) is 23.8 Å². The molecule has 7 heteroatoms. The zero-order chi connectivity index (χ0) is 15.4. The van der Waals surface area contributed by atoms with E-state index in [0.29, 0.717) is 36.0 Å². The number of halogens is 1. The van der Waals surface area contributed by atoms with Gasteiger partial charge in [0, 0.05) is 26.3 Å². The Morgan fingerprint density at radius 2 is 2.19 bits per heavy atom. The van der Waals surface area contributed by atoms with Crippen molar-refractivity contribution in [2.75, 3.05) is 39.2 Å². The van der Waals surface area contributed by atoms with Crippen molar-refractivity contribution in [2.45, 2.75) is 6.04 Å². The molecule has 1 fully saturated rings. The van der Waals surface area contributed by atoms with Crippen LogP contribution in [-0.2, 0) is 9.53 Å². The molecule has 2 rings (SSSR count). The first-order valence-corrected chi connectivity index (χ1v) is 7.00. The van der Waals surface area contributed by atoms with Crippen LogP contribution in [0.1, 0.15) is 10.4 Å². The summed E-state index contributed by atoms with van der Waals surface area (Å²) in [7, 11) is 3.29. The quantitative estimate of drug-likeness (QED) is 0.872. The number of morpholine rings is 1. The molecule has 114 valence electrons. The average molecular weight is 312 g/mol. The van der Waals surface area contributed by atoms with Gasteiger partial charge in [-0.2, -0.15) is 0 Å². The number of benzene rings is 1. The van der Waals surface area contributed by atoms with E-state index in [2.05, 4.69) is 10.6 Å². The maximum absolute atomic E-state index is 12.1. The molecule has 21 heavy (non-hydrogen) atoms. The summed E-state index contributed by atoms with van der Waals surface area (Å²) in [5, 5.41) is 6.18. The summed E-state index contributed by atoms with van der Waals surface area (Å²) in [4.78, 5) is 25.5. The van der Waals surface area contributed by atoms with E-state index in [0.717, 1.165) is 0 Å². The average Bonchev–Trinajstić information content (AvgIpc) is 2.49. The molecule has 1 atom stereocenters. The van der Waals surface area contributed by atoms with Crippen LogP contribution in [-0.4, -0.2) is 56.6 Å². The van der Waals surface area contributed by atoms with E-state index < -0.39 is 0 Å². The highest BCUT2D eigenvalue weighted by Gasteiger charge is 2.22. The van der Waals surface area contributed by atoms with Crippen LogP contribution in [0.5, 0.6) is 0 Å². The Morgan fingerprint density at radius 3 is 2.81 bits per heavy atom. The van der Waals surface area contributed by atoms with Gasteiger partial charge in [0.15, 0.2) is 0 Å². The Labute approximate surface area is 128 Å². The van der Waals surface area contributed by atoms with Crippen LogP contribution in [0, 0.1) is 0 Å². The SMILES string of the molecule is CN(C)C(=O)c1cc(NC(=O)C2COCCN2)ccc1Cl. The van der Waals surface area contributed by atoms with Gasteiger partial charge in [-0.05, 0) is 18.2 Å². The fourth-order valence-electron chi connectivity index (χ4n) is 1.97. The van der Waals surface area contributed by atoms with Gasteiger partial charge < -0.3 is 20.3 Å². The molecule has 0 bridgehead atoms. The maximum atomic E-state index is 12.1. The third-order valence-electron chi connectivity index (χ3n) is 3.11. The zero-order valence-electron chi connectivity index (χ0n) is 12.0. The molecule has 1 aliphatic heterocycles. The van der Waals surface area contributed by atoms with Crippen LogP contribution < -0.4 is 10.6 Å². The number of anilines is 1. The monoisotopic (exact) mass is 311 g/mol. The number of carbonyl (C=O) groups is 2. The fourth-order valence-corrected chi connectivity index (χ4v) is 2.17. The minimum atomic E-state index is -0.387. The lowest BCUT2D eigenvalue weighted by atomic mass is 10.1. The van der Waals surface area contributed by atoms with Gasteiger partial charge >= 0.3 is 0 Å². The predicted molar refractivity (Wildman–Crippen MR) is 80.7 cm³/mol. The number of hydrogen-bond donors (Lipinski definition) is 2. The smallest absolute Gasteiger partial charge is 0.254 e. The molecule has 1 unspecified atom stereocenters. The minimum Gasteiger partial charge on any atom is -0.378 e. The van der Waals surface area contributed by atoms with Gasteiger partial charge in [-0.3, -0.25) is 9.59 Å². The summed E-state index contributed by atoms with van der Waals surface area (Å²) >= 11 is 6.03. The normalized spacial score (nSPS) is 18.1. The summed E-state index contributed by atoms with van der Waals surface area (Å²) in [6, 6.07) is 4.45. The number of rotatable bonds is 3. The van der Waals surface area contributed by atoms with Crippen molar-refractivity contribution in [3.05, 3.63) is 28.8 Å². The second-order valence-corrected chi connectivity index (χ2v) is 5.37. The van der Waals surface area contributed by atoms with Crippen LogP contribution in [0.4, 0.5) is 5.69 Å². The van der Waals surface area contributed by atoms with Crippen molar-refractivity contribution in [3.8, 4) is 0 Å². The lowest BCUT2D eigenvalue weighted by Gasteiger charge is -2.23. The first kappa shape index (κ1) is 15.8. The van der Waals surface area contributed by atoms with Gasteiger partial charge in [0.25, 0.3) is 5.91 Å². The van der Waals surface area contributed by atoms with Crippen LogP contribution in [0.2, 0.25) is 5.02 Å². The van der Waals surface area contributed by atoms with E-state index >= 15 is 0 Å². The predicted octanol–water partition coefficient (Wildman–Crippen LogP) is 0.969. The van der Waals surface area contributed by atoms with Crippen molar-refractivity contribution in [1.29, 1.82) is 0 Å². The van der Waals surface area contributed by atoms with Crippen molar-refractivity contribution in [3.63, 3.8) is 0 Å². The molecule has 1 aromatic carbocycles. The summed E-state index contributed by atoms with van der Waals surface area (Å²) in [6.07, 6.45) is 0. The molecule has 0 radical (unpaired) electrons. The van der Waals surface area contributed by atoms with E-state index in [1.165, 1.54) is 4.90 Å². The summed E-state index contributed by atoms with van der Waals surface area (Å²) < 4.78 is 5.25. The molecule has 2 N–H and O–H groups in total. The zero-order valence-corrected chi connectivity index (χ0v) is 12.7. The van der Waals surface area contributed by atoms with Crippen molar-refractivity contribution in [1.82, 2.24) is 10.2 Å². The molecule has 0 aromatic heterocycles. The first-order valence-electron chi connectivity index (χ1n) is 6.62. The fraction of sp³-hybridized carbons (Fsp3) is 0.429. The first-order chi connectivity index (χ1) is 9.99. The maximum Gasteiger partial charge on any atom is 0.254 e. The molecular formula is C14H18ClN3O3. The second-order valence-electron chi connectivity index (χ2n) is 4.97. The third-order valence-corrected chi connectivity index (χ3v) is 3.44. The van der Waals surface area contributed by atoms with E-state index in [-0.39, 0.29) is 17.9 Å². The Hall–Kier alpha value is -1.63. The highest BCUT2D eigenvalue weighted by atomic mass is 35.5. The van der Waals surface area contributed by atoms with Gasteiger partial charge in [0.2, 0.25) is 5.91 Å². The van der Waals surface area contributed by atoms with Crippen LogP contribution in [0.15, 0.2) is 18.2 Å². The van der Waals surface area contributed by atoms with Crippen LogP contribution >= 0.6 is 11.6 Å². The minimum absolute atomic E-state index is 0.194. The molecule has 1 saturated heterocycles.